The molecule has 4 amide bonds. The van der Waals surface area contributed by atoms with E-state index < -0.39 is 43.5 Å². The van der Waals surface area contributed by atoms with Gasteiger partial charge in [-0.05, 0) is 29.8 Å². The van der Waals surface area contributed by atoms with E-state index >= 15 is 0 Å². The second-order valence-corrected chi connectivity index (χ2v) is 7.21. The second kappa shape index (κ2) is 7.52. The van der Waals surface area contributed by atoms with E-state index in [0.29, 0.717) is 0 Å². The lowest BCUT2D eigenvalue weighted by atomic mass is 10.1. The normalized spacial score (nSPS) is 14.1. The van der Waals surface area contributed by atoms with Gasteiger partial charge in [-0.2, -0.15) is 8.42 Å². The molecule has 0 saturated carbocycles. The number of carbonyl (C=O) groups is 3. The molecule has 1 saturated heterocycles. The molecule has 2 aromatic rings. The summed E-state index contributed by atoms with van der Waals surface area (Å²) in [5.74, 6) is -1.97. The van der Waals surface area contributed by atoms with Crippen molar-refractivity contribution in [2.45, 2.75) is 4.90 Å². The number of rotatable bonds is 5. The minimum atomic E-state index is -4.38. The van der Waals surface area contributed by atoms with Gasteiger partial charge in [0.15, 0.2) is 0 Å². The lowest BCUT2D eigenvalue weighted by Crippen LogP contribution is -2.51. The van der Waals surface area contributed by atoms with Crippen molar-refractivity contribution in [1.29, 1.82) is 0 Å². The number of hydrogen-bond acceptors (Lipinski definition) is 8. The van der Waals surface area contributed by atoms with E-state index in [2.05, 4.69) is 0 Å². The Labute approximate surface area is 163 Å². The van der Waals surface area contributed by atoms with E-state index in [1.165, 1.54) is 30.3 Å². The number of nitrogens with zero attached hydrogens (tertiary/aromatic N) is 1. The maximum atomic E-state index is 12.4. The number of carbonyl (C=O) groups excluding carboxylic acids is 3. The molecule has 0 bridgehead atoms. The van der Waals surface area contributed by atoms with Crippen LogP contribution in [0.1, 0.15) is 5.56 Å². The largest absolute Gasteiger partial charge is 0.379 e. The van der Waals surface area contributed by atoms with Crippen LogP contribution in [0.25, 0.3) is 6.08 Å². The Morgan fingerprint density at radius 2 is 1.62 bits per heavy atom. The summed E-state index contributed by atoms with van der Waals surface area (Å²) < 4.78 is 29.8. The van der Waals surface area contributed by atoms with E-state index in [1.807, 2.05) is 10.6 Å². The van der Waals surface area contributed by atoms with Gasteiger partial charge in [0.2, 0.25) is 0 Å². The Morgan fingerprint density at radius 1 is 0.966 bits per heavy atom. The van der Waals surface area contributed by atoms with Crippen LogP contribution in [-0.2, 0) is 19.7 Å². The highest BCUT2D eigenvalue weighted by molar-refractivity contribution is 7.87. The molecule has 0 aliphatic carbocycles. The molecule has 0 aromatic heterocycles. The smallest absolute Gasteiger partial charge is 0.339 e. The summed E-state index contributed by atoms with van der Waals surface area (Å²) in [6, 6.07) is 8.81. The first-order valence-electron chi connectivity index (χ1n) is 7.83. The molecular formula is C17H11N3O8S. The lowest BCUT2D eigenvalue weighted by Gasteiger charge is -2.14. The van der Waals surface area contributed by atoms with Crippen molar-refractivity contribution >= 4 is 39.7 Å². The highest BCUT2D eigenvalue weighted by Crippen LogP contribution is 2.23. The lowest BCUT2D eigenvalue weighted by molar-refractivity contribution is -0.385. The third-order valence-electron chi connectivity index (χ3n) is 3.64. The van der Waals surface area contributed by atoms with Crippen LogP contribution in [0.2, 0.25) is 0 Å². The van der Waals surface area contributed by atoms with Crippen LogP contribution in [0.3, 0.4) is 0 Å². The van der Waals surface area contributed by atoms with E-state index in [0.717, 1.165) is 24.3 Å². The first kappa shape index (κ1) is 19.7. The van der Waals surface area contributed by atoms with E-state index in [9.17, 15) is 32.9 Å². The maximum Gasteiger partial charge on any atom is 0.339 e. The summed E-state index contributed by atoms with van der Waals surface area (Å²) in [6.45, 7) is 0. The van der Waals surface area contributed by atoms with Gasteiger partial charge >= 0.3 is 16.1 Å². The van der Waals surface area contributed by atoms with Gasteiger partial charge in [-0.15, -0.1) is 0 Å². The summed E-state index contributed by atoms with van der Waals surface area (Å²) in [7, 11) is -4.38. The zero-order chi connectivity index (χ0) is 21.2. The van der Waals surface area contributed by atoms with Gasteiger partial charge in [0, 0.05) is 12.1 Å². The molecule has 0 unspecified atom stereocenters. The SMILES string of the molecule is O=C1NC(=O)C(=Cc2cccc(OS(=O)(=O)c3cccc([N+](=O)[O-])c3)c2)C(=O)N1. The Bertz CT molecular complexity index is 1160. The molecule has 1 fully saturated rings. The standard InChI is InChI=1S/C17H11N3O8S/c21-15-14(16(22)19-17(23)18-15)8-10-3-1-5-12(7-10)28-29(26,27)13-6-2-4-11(9-13)20(24)25/h1-9H,(H2,18,19,21,22,23). The van der Waals surface area contributed by atoms with Crippen LogP contribution >= 0.6 is 0 Å². The maximum absolute atomic E-state index is 12.4. The van der Waals surface area contributed by atoms with Crippen molar-refractivity contribution in [2.75, 3.05) is 0 Å². The van der Waals surface area contributed by atoms with Crippen molar-refractivity contribution in [3.05, 3.63) is 69.8 Å². The van der Waals surface area contributed by atoms with Gasteiger partial charge in [-0.1, -0.05) is 18.2 Å². The number of hydrogen-bond donors (Lipinski definition) is 2. The van der Waals surface area contributed by atoms with Crippen molar-refractivity contribution in [3.8, 4) is 5.75 Å². The molecule has 2 aromatic carbocycles. The summed E-state index contributed by atoms with van der Waals surface area (Å²) in [4.78, 5) is 44.3. The Morgan fingerprint density at radius 3 is 2.28 bits per heavy atom. The first-order valence-corrected chi connectivity index (χ1v) is 9.24. The van der Waals surface area contributed by atoms with Crippen LogP contribution in [0, 0.1) is 10.1 Å². The third kappa shape index (κ3) is 4.44. The fourth-order valence-corrected chi connectivity index (χ4v) is 3.32. The highest BCUT2D eigenvalue weighted by atomic mass is 32.2. The minimum absolute atomic E-state index is 0.154. The number of benzene rings is 2. The van der Waals surface area contributed by atoms with Crippen LogP contribution in [0.15, 0.2) is 59.0 Å². The van der Waals surface area contributed by atoms with E-state index in [1.54, 1.807) is 0 Å². The number of barbiturate groups is 1. The highest BCUT2D eigenvalue weighted by Gasteiger charge is 2.27. The number of nitrogens with one attached hydrogen (secondary N) is 2. The average molecular weight is 417 g/mol. The molecule has 148 valence electrons. The Hall–Kier alpha value is -4.06. The molecule has 2 N–H and O–H groups in total. The van der Waals surface area contributed by atoms with Crippen LogP contribution in [-0.4, -0.2) is 31.2 Å². The molecular weight excluding hydrogens is 406 g/mol. The minimum Gasteiger partial charge on any atom is -0.379 e. The van der Waals surface area contributed by atoms with E-state index in [4.69, 9.17) is 4.18 Å². The molecule has 1 heterocycles. The molecule has 0 radical (unpaired) electrons. The second-order valence-electron chi connectivity index (χ2n) is 5.66. The molecule has 11 nitrogen and oxygen atoms in total. The molecule has 29 heavy (non-hydrogen) atoms. The van der Waals surface area contributed by atoms with Gasteiger partial charge in [0.1, 0.15) is 16.2 Å². The number of nitro groups is 1. The number of nitro benzene ring substituents is 1. The molecule has 3 rings (SSSR count). The first-order chi connectivity index (χ1) is 13.7. The molecule has 1 aliphatic heterocycles. The zero-order valence-corrected chi connectivity index (χ0v) is 15.1. The average Bonchev–Trinajstić information content (AvgIpc) is 2.65. The zero-order valence-electron chi connectivity index (χ0n) is 14.3. The molecule has 12 heteroatoms. The predicted molar refractivity (Wildman–Crippen MR) is 97.0 cm³/mol. The monoisotopic (exact) mass is 417 g/mol. The number of urea groups is 1. The third-order valence-corrected chi connectivity index (χ3v) is 4.88. The summed E-state index contributed by atoms with van der Waals surface area (Å²) in [5, 5.41) is 14.6. The summed E-state index contributed by atoms with van der Waals surface area (Å²) >= 11 is 0. The fraction of sp³-hybridized carbons (Fsp3) is 0. The summed E-state index contributed by atoms with van der Waals surface area (Å²) in [6.07, 6.45) is 1.14. The van der Waals surface area contributed by atoms with Crippen LogP contribution < -0.4 is 14.8 Å². The number of amides is 4. The molecule has 0 spiro atoms. The molecule has 0 atom stereocenters. The van der Waals surface area contributed by atoms with Crippen molar-refractivity contribution in [2.24, 2.45) is 0 Å². The molecule has 1 aliphatic rings. The van der Waals surface area contributed by atoms with Gasteiger partial charge < -0.3 is 4.18 Å². The van der Waals surface area contributed by atoms with Gasteiger partial charge in [-0.25, -0.2) is 4.79 Å². The number of imide groups is 2. The fourth-order valence-electron chi connectivity index (χ4n) is 2.36. The van der Waals surface area contributed by atoms with Crippen LogP contribution in [0.5, 0.6) is 5.75 Å². The van der Waals surface area contributed by atoms with E-state index in [-0.39, 0.29) is 16.9 Å². The van der Waals surface area contributed by atoms with Gasteiger partial charge in [0.25, 0.3) is 17.5 Å². The topological polar surface area (TPSA) is 162 Å². The van der Waals surface area contributed by atoms with Crippen LogP contribution in [0.4, 0.5) is 10.5 Å². The van der Waals surface area contributed by atoms with Crippen molar-refractivity contribution < 1.29 is 31.9 Å². The van der Waals surface area contributed by atoms with Gasteiger partial charge in [0.05, 0.1) is 4.92 Å². The number of non-ortho nitro benzene ring substituents is 1. The quantitative estimate of drug-likeness (QED) is 0.240. The Balaban J connectivity index is 1.88. The van der Waals surface area contributed by atoms with Gasteiger partial charge in [-0.3, -0.25) is 30.3 Å². The predicted octanol–water partition coefficient (Wildman–Crippen LogP) is 1.11. The summed E-state index contributed by atoms with van der Waals surface area (Å²) in [5.41, 5.74) is -0.535. The Kier molecular flexibility index (Phi) is 5.10. The van der Waals surface area contributed by atoms with Crippen molar-refractivity contribution in [1.82, 2.24) is 10.6 Å². The van der Waals surface area contributed by atoms with Crippen molar-refractivity contribution in [3.63, 3.8) is 0 Å².